The Hall–Kier alpha value is -1.64. The van der Waals surface area contributed by atoms with E-state index in [1.165, 1.54) is 6.33 Å². The molecule has 1 heterocycles. The Labute approximate surface area is 111 Å². The van der Waals surface area contributed by atoms with Gasteiger partial charge in [0.05, 0.1) is 11.3 Å². The van der Waals surface area contributed by atoms with Crippen molar-refractivity contribution >= 4 is 39.0 Å². The minimum Gasteiger partial charge on any atom is -0.339 e. The second kappa shape index (κ2) is 5.13. The number of nitrogens with zero attached hydrogens (tertiary/aromatic N) is 3. The van der Waals surface area contributed by atoms with Crippen molar-refractivity contribution in [3.05, 3.63) is 45.8 Å². The average molecular weight is 310 g/mol. The lowest BCUT2D eigenvalue weighted by Gasteiger charge is -2.07. The summed E-state index contributed by atoms with van der Waals surface area (Å²) in [7, 11) is 0. The first-order valence-corrected chi connectivity index (χ1v) is 5.80. The third kappa shape index (κ3) is 2.93. The molecule has 0 atom stereocenters. The Morgan fingerprint density at radius 1 is 1.29 bits per heavy atom. The van der Waals surface area contributed by atoms with Crippen molar-refractivity contribution in [3.63, 3.8) is 0 Å². The fourth-order valence-electron chi connectivity index (χ4n) is 1.26. The number of benzene rings is 1. The smallest absolute Gasteiger partial charge is 0.134 e. The summed E-state index contributed by atoms with van der Waals surface area (Å²) in [6, 6.07) is 8.79. The number of anilines is 2. The lowest BCUT2D eigenvalue weighted by atomic mass is 10.2. The largest absolute Gasteiger partial charge is 0.339 e. The molecule has 1 aromatic heterocycles. The van der Waals surface area contributed by atoms with E-state index in [-0.39, 0.29) is 0 Å². The highest BCUT2D eigenvalue weighted by Crippen LogP contribution is 2.23. The summed E-state index contributed by atoms with van der Waals surface area (Å²) in [4.78, 5) is 7.95. The van der Waals surface area contributed by atoms with Gasteiger partial charge in [-0.15, -0.1) is 0 Å². The van der Waals surface area contributed by atoms with Gasteiger partial charge >= 0.3 is 0 Å². The van der Waals surface area contributed by atoms with Gasteiger partial charge in [0.15, 0.2) is 0 Å². The van der Waals surface area contributed by atoms with E-state index in [1.807, 2.05) is 0 Å². The van der Waals surface area contributed by atoms with Gasteiger partial charge in [-0.1, -0.05) is 11.6 Å². The van der Waals surface area contributed by atoms with E-state index >= 15 is 0 Å². The Kier molecular flexibility index (Phi) is 3.57. The molecule has 1 aromatic carbocycles. The molecule has 0 radical (unpaired) electrons. The van der Waals surface area contributed by atoms with Crippen LogP contribution in [-0.2, 0) is 0 Å². The van der Waals surface area contributed by atoms with Crippen LogP contribution in [-0.4, -0.2) is 9.97 Å². The molecule has 1 N–H and O–H groups in total. The van der Waals surface area contributed by atoms with Crippen molar-refractivity contribution in [1.82, 2.24) is 9.97 Å². The molecule has 0 aliphatic carbocycles. The number of nitrogens with one attached hydrogen (secondary N) is 1. The predicted octanol–water partition coefficient (Wildman–Crippen LogP) is 3.51. The molecule has 0 saturated carbocycles. The lowest BCUT2D eigenvalue weighted by Crippen LogP contribution is -1.96. The zero-order valence-electron chi connectivity index (χ0n) is 8.48. The topological polar surface area (TPSA) is 61.6 Å². The average Bonchev–Trinajstić information content (AvgIpc) is 2.29. The summed E-state index contributed by atoms with van der Waals surface area (Å²) >= 11 is 9.12. The minimum absolute atomic E-state index is 0.504. The van der Waals surface area contributed by atoms with Crippen molar-refractivity contribution in [2.24, 2.45) is 0 Å². The quantitative estimate of drug-likeness (QED) is 0.862. The number of halogens is 2. The normalized spacial score (nSPS) is 9.71. The van der Waals surface area contributed by atoms with E-state index in [9.17, 15) is 0 Å². The van der Waals surface area contributed by atoms with Crippen LogP contribution < -0.4 is 5.32 Å². The summed E-state index contributed by atoms with van der Waals surface area (Å²) in [6.07, 6.45) is 1.42. The molecule has 0 bridgehead atoms. The molecule has 0 saturated heterocycles. The van der Waals surface area contributed by atoms with Crippen molar-refractivity contribution in [2.75, 3.05) is 5.32 Å². The Balaban J connectivity index is 2.36. The van der Waals surface area contributed by atoms with Gasteiger partial charge in [-0.2, -0.15) is 5.26 Å². The zero-order valence-corrected chi connectivity index (χ0v) is 10.8. The molecule has 84 valence electrons. The molecule has 0 spiro atoms. The maximum Gasteiger partial charge on any atom is 0.134 e. The van der Waals surface area contributed by atoms with Crippen LogP contribution in [0, 0.1) is 11.3 Å². The van der Waals surface area contributed by atoms with Gasteiger partial charge < -0.3 is 5.32 Å². The first-order chi connectivity index (χ1) is 8.19. The highest BCUT2D eigenvalue weighted by molar-refractivity contribution is 9.10. The number of rotatable bonds is 2. The summed E-state index contributed by atoms with van der Waals surface area (Å²) in [5, 5.41) is 12.5. The second-order valence-electron chi connectivity index (χ2n) is 3.15. The van der Waals surface area contributed by atoms with Crippen molar-refractivity contribution in [1.29, 1.82) is 5.26 Å². The van der Waals surface area contributed by atoms with Crippen LogP contribution in [0.2, 0.25) is 5.02 Å². The molecular weight excluding hydrogens is 304 g/mol. The van der Waals surface area contributed by atoms with Crippen LogP contribution in [0.5, 0.6) is 0 Å². The summed E-state index contributed by atoms with van der Waals surface area (Å²) in [5.74, 6) is 0.589. The monoisotopic (exact) mass is 308 g/mol. The Morgan fingerprint density at radius 2 is 2.12 bits per heavy atom. The van der Waals surface area contributed by atoms with Crippen LogP contribution in [0.3, 0.4) is 0 Å². The van der Waals surface area contributed by atoms with Crippen LogP contribution in [0.4, 0.5) is 11.5 Å². The highest BCUT2D eigenvalue weighted by atomic mass is 79.9. The minimum atomic E-state index is 0.504. The maximum absolute atomic E-state index is 8.97. The lowest BCUT2D eigenvalue weighted by molar-refractivity contribution is 1.14. The van der Waals surface area contributed by atoms with Gasteiger partial charge in [0.1, 0.15) is 22.8 Å². The number of hydrogen-bond acceptors (Lipinski definition) is 4. The first-order valence-electron chi connectivity index (χ1n) is 4.63. The molecule has 0 unspecified atom stereocenters. The molecular formula is C11H6BrClN4. The van der Waals surface area contributed by atoms with Gasteiger partial charge in [-0.25, -0.2) is 9.97 Å². The number of nitriles is 1. The SMILES string of the molecule is N#Cc1ccc(Cl)cc1Nc1cc(Br)ncn1. The summed E-state index contributed by atoms with van der Waals surface area (Å²) < 4.78 is 0.663. The van der Waals surface area contributed by atoms with Gasteiger partial charge in [-0.05, 0) is 34.1 Å². The van der Waals surface area contributed by atoms with E-state index < -0.39 is 0 Å². The fraction of sp³-hybridized carbons (Fsp3) is 0. The Morgan fingerprint density at radius 3 is 2.82 bits per heavy atom. The highest BCUT2D eigenvalue weighted by Gasteiger charge is 2.04. The van der Waals surface area contributed by atoms with Crippen molar-refractivity contribution in [3.8, 4) is 6.07 Å². The predicted molar refractivity (Wildman–Crippen MR) is 69.2 cm³/mol. The van der Waals surface area contributed by atoms with Crippen LogP contribution >= 0.6 is 27.5 Å². The molecule has 0 aliphatic rings. The van der Waals surface area contributed by atoms with E-state index in [4.69, 9.17) is 16.9 Å². The van der Waals surface area contributed by atoms with Crippen LogP contribution in [0.25, 0.3) is 0 Å². The first kappa shape index (κ1) is 11.8. The third-order valence-electron chi connectivity index (χ3n) is 2.00. The van der Waals surface area contributed by atoms with Crippen LogP contribution in [0.15, 0.2) is 35.2 Å². The van der Waals surface area contributed by atoms with E-state index in [1.54, 1.807) is 24.3 Å². The zero-order chi connectivity index (χ0) is 12.3. The molecule has 4 nitrogen and oxygen atoms in total. The van der Waals surface area contributed by atoms with E-state index in [0.717, 1.165) is 0 Å². The maximum atomic E-state index is 8.97. The molecule has 17 heavy (non-hydrogen) atoms. The van der Waals surface area contributed by atoms with Crippen molar-refractivity contribution in [2.45, 2.75) is 0 Å². The standard InChI is InChI=1S/C11H6BrClN4/c12-10-4-11(16-6-15-10)17-9-3-8(13)2-1-7(9)5-14/h1-4,6H,(H,15,16,17). The van der Waals surface area contributed by atoms with E-state index in [2.05, 4.69) is 37.3 Å². The molecule has 0 aliphatic heterocycles. The molecule has 6 heteroatoms. The third-order valence-corrected chi connectivity index (χ3v) is 2.67. The molecule has 0 amide bonds. The van der Waals surface area contributed by atoms with Gasteiger partial charge in [0, 0.05) is 11.1 Å². The number of aromatic nitrogens is 2. The van der Waals surface area contributed by atoms with Crippen molar-refractivity contribution < 1.29 is 0 Å². The summed E-state index contributed by atoms with van der Waals surface area (Å²) in [6.45, 7) is 0. The molecule has 2 rings (SSSR count). The van der Waals surface area contributed by atoms with E-state index in [0.29, 0.717) is 26.7 Å². The molecule has 0 fully saturated rings. The van der Waals surface area contributed by atoms with Gasteiger partial charge in [0.2, 0.25) is 0 Å². The number of hydrogen-bond donors (Lipinski definition) is 1. The molecule has 2 aromatic rings. The van der Waals surface area contributed by atoms with Gasteiger partial charge in [-0.3, -0.25) is 0 Å². The summed E-state index contributed by atoms with van der Waals surface area (Å²) in [5.41, 5.74) is 1.12. The second-order valence-corrected chi connectivity index (χ2v) is 4.40. The van der Waals surface area contributed by atoms with Crippen LogP contribution in [0.1, 0.15) is 5.56 Å². The Bertz CT molecular complexity index is 594. The van der Waals surface area contributed by atoms with Gasteiger partial charge in [0.25, 0.3) is 0 Å². The fourth-order valence-corrected chi connectivity index (χ4v) is 1.74.